The van der Waals surface area contributed by atoms with E-state index in [2.05, 4.69) is 80.6 Å². The fraction of sp³-hybridized carbons (Fsp3) is 0.185. The maximum Gasteiger partial charge on any atom is 0.229 e. The second kappa shape index (κ2) is 9.30. The molecule has 0 unspecified atom stereocenters. The van der Waals surface area contributed by atoms with Gasteiger partial charge in [-0.3, -0.25) is 20.0 Å². The molecule has 0 aliphatic carbocycles. The van der Waals surface area contributed by atoms with Crippen molar-refractivity contribution >= 4 is 11.9 Å². The van der Waals surface area contributed by atoms with E-state index >= 15 is 0 Å². The van der Waals surface area contributed by atoms with Crippen molar-refractivity contribution in [3.05, 3.63) is 108 Å². The van der Waals surface area contributed by atoms with Gasteiger partial charge in [-0.15, -0.1) is 0 Å². The van der Waals surface area contributed by atoms with Crippen LogP contribution in [0.5, 0.6) is 0 Å². The van der Waals surface area contributed by atoms with Crippen molar-refractivity contribution in [2.75, 3.05) is 17.0 Å². The first-order valence-electron chi connectivity index (χ1n) is 11.2. The maximum absolute atomic E-state index is 12.0. The second-order valence-corrected chi connectivity index (χ2v) is 8.35. The lowest BCUT2D eigenvalue weighted by Crippen LogP contribution is -2.49. The van der Waals surface area contributed by atoms with Gasteiger partial charge in [-0.1, -0.05) is 91.0 Å². The summed E-state index contributed by atoms with van der Waals surface area (Å²) in [6.45, 7) is 4.51. The lowest BCUT2D eigenvalue weighted by Gasteiger charge is -2.39. The Balaban J connectivity index is 1.59. The average Bonchev–Trinajstić information content (AvgIpc) is 3.19. The smallest absolute Gasteiger partial charge is 0.229 e. The summed E-state index contributed by atoms with van der Waals surface area (Å²) in [4.78, 5) is 19.3. The number of imidazole rings is 1. The van der Waals surface area contributed by atoms with Crippen LogP contribution in [0.1, 0.15) is 23.7 Å². The zero-order valence-electron chi connectivity index (χ0n) is 18.7. The number of carbonyl (C=O) groups excluding carboxylic acids is 1. The number of fused-ring (bicyclic) bond motifs is 1. The first-order valence-corrected chi connectivity index (χ1v) is 11.2. The molecule has 6 nitrogen and oxygen atoms in total. The van der Waals surface area contributed by atoms with Crippen LogP contribution in [-0.2, 0) is 24.4 Å². The van der Waals surface area contributed by atoms with Gasteiger partial charge in [-0.2, -0.15) is 0 Å². The number of hydrogen-bond acceptors (Lipinski definition) is 4. The standard InChI is InChI=1S/C27H27N5O/c1-21(33)28-27-29-26(24-15-9-4-10-16-24)25-19-30(17-22-11-5-2-6-12-22)20-31(32(25)27)18-23-13-7-3-8-14-23/h2-16H,17-20H2,1H3,(H,28,29,33). The average molecular weight is 438 g/mol. The number of amides is 1. The Kier molecular flexibility index (Phi) is 5.91. The van der Waals surface area contributed by atoms with E-state index in [9.17, 15) is 4.79 Å². The van der Waals surface area contributed by atoms with E-state index in [0.717, 1.165) is 30.0 Å². The fourth-order valence-electron chi connectivity index (χ4n) is 4.38. The molecule has 0 radical (unpaired) electrons. The van der Waals surface area contributed by atoms with Crippen LogP contribution in [0.4, 0.5) is 5.95 Å². The molecule has 3 aromatic carbocycles. The molecular formula is C27H27N5O. The van der Waals surface area contributed by atoms with E-state index in [0.29, 0.717) is 19.2 Å². The van der Waals surface area contributed by atoms with Crippen LogP contribution in [-0.4, -0.2) is 27.1 Å². The Morgan fingerprint density at radius 1 is 0.848 bits per heavy atom. The van der Waals surface area contributed by atoms with Crippen LogP contribution in [0.3, 0.4) is 0 Å². The van der Waals surface area contributed by atoms with Gasteiger partial charge in [0.05, 0.1) is 24.6 Å². The van der Waals surface area contributed by atoms with Gasteiger partial charge in [0.15, 0.2) is 0 Å². The number of hydrogen-bond donors (Lipinski definition) is 1. The van der Waals surface area contributed by atoms with Gasteiger partial charge in [0.2, 0.25) is 11.9 Å². The quantitative estimate of drug-likeness (QED) is 0.478. The number of carbonyl (C=O) groups is 1. The number of anilines is 1. The summed E-state index contributed by atoms with van der Waals surface area (Å²) in [6.07, 6.45) is 0. The van der Waals surface area contributed by atoms with Crippen LogP contribution in [0.25, 0.3) is 11.3 Å². The van der Waals surface area contributed by atoms with E-state index in [1.165, 1.54) is 18.1 Å². The Bertz CT molecular complexity index is 1220. The van der Waals surface area contributed by atoms with Gasteiger partial charge < -0.3 is 0 Å². The molecule has 0 saturated heterocycles. The molecule has 0 spiro atoms. The highest BCUT2D eigenvalue weighted by Crippen LogP contribution is 2.31. The molecule has 33 heavy (non-hydrogen) atoms. The monoisotopic (exact) mass is 437 g/mol. The molecule has 0 atom stereocenters. The minimum absolute atomic E-state index is 0.131. The van der Waals surface area contributed by atoms with E-state index < -0.39 is 0 Å². The fourth-order valence-corrected chi connectivity index (χ4v) is 4.38. The van der Waals surface area contributed by atoms with Crippen molar-refractivity contribution in [1.29, 1.82) is 0 Å². The Labute approximate surface area is 194 Å². The lowest BCUT2D eigenvalue weighted by molar-refractivity contribution is -0.114. The van der Waals surface area contributed by atoms with Crippen molar-refractivity contribution in [3.8, 4) is 11.3 Å². The largest absolute Gasteiger partial charge is 0.295 e. The summed E-state index contributed by atoms with van der Waals surface area (Å²) in [5, 5.41) is 5.21. The molecule has 2 heterocycles. The number of rotatable bonds is 6. The molecule has 1 N–H and O–H groups in total. The molecule has 0 saturated carbocycles. The first kappa shape index (κ1) is 21.0. The van der Waals surface area contributed by atoms with Gasteiger partial charge in [-0.05, 0) is 11.1 Å². The first-order chi connectivity index (χ1) is 16.2. The Morgan fingerprint density at radius 2 is 1.42 bits per heavy atom. The summed E-state index contributed by atoms with van der Waals surface area (Å²) in [7, 11) is 0. The van der Waals surface area contributed by atoms with Gasteiger partial charge >= 0.3 is 0 Å². The van der Waals surface area contributed by atoms with E-state index in [1.807, 2.05) is 30.3 Å². The van der Waals surface area contributed by atoms with Gasteiger partial charge in [-0.25, -0.2) is 9.66 Å². The molecule has 1 aliphatic heterocycles. The van der Waals surface area contributed by atoms with E-state index in [1.54, 1.807) is 0 Å². The molecule has 6 heteroatoms. The topological polar surface area (TPSA) is 53.4 Å². The molecule has 5 rings (SSSR count). The minimum atomic E-state index is -0.131. The highest BCUT2D eigenvalue weighted by Gasteiger charge is 2.30. The number of nitrogens with zero attached hydrogens (tertiary/aromatic N) is 4. The molecule has 1 aromatic heterocycles. The lowest BCUT2D eigenvalue weighted by atomic mass is 10.1. The number of benzene rings is 3. The zero-order chi connectivity index (χ0) is 22.6. The normalized spacial score (nSPS) is 13.5. The molecule has 4 aromatic rings. The summed E-state index contributed by atoms with van der Waals surface area (Å²) < 4.78 is 2.10. The highest BCUT2D eigenvalue weighted by atomic mass is 16.1. The second-order valence-electron chi connectivity index (χ2n) is 8.35. The molecule has 0 fully saturated rings. The summed E-state index contributed by atoms with van der Waals surface area (Å²) in [6, 6.07) is 31.1. The van der Waals surface area contributed by atoms with Crippen LogP contribution >= 0.6 is 0 Å². The Hall–Kier alpha value is -3.90. The minimum Gasteiger partial charge on any atom is -0.295 e. The Morgan fingerprint density at radius 3 is 2.03 bits per heavy atom. The molecule has 1 aliphatic rings. The summed E-state index contributed by atoms with van der Waals surface area (Å²) in [5.41, 5.74) is 5.49. The van der Waals surface area contributed by atoms with Crippen molar-refractivity contribution in [1.82, 2.24) is 14.6 Å². The van der Waals surface area contributed by atoms with Crippen molar-refractivity contribution in [2.45, 2.75) is 26.6 Å². The molecule has 0 bridgehead atoms. The van der Waals surface area contributed by atoms with E-state index in [-0.39, 0.29) is 5.91 Å². The van der Waals surface area contributed by atoms with Crippen molar-refractivity contribution in [2.24, 2.45) is 0 Å². The summed E-state index contributed by atoms with van der Waals surface area (Å²) >= 11 is 0. The van der Waals surface area contributed by atoms with Crippen LogP contribution < -0.4 is 10.3 Å². The number of aromatic nitrogens is 2. The third-order valence-corrected chi connectivity index (χ3v) is 5.76. The van der Waals surface area contributed by atoms with Gasteiger partial charge in [0.1, 0.15) is 0 Å². The third kappa shape index (κ3) is 4.66. The van der Waals surface area contributed by atoms with Gasteiger partial charge in [0, 0.05) is 25.6 Å². The maximum atomic E-state index is 12.0. The van der Waals surface area contributed by atoms with Crippen LogP contribution in [0, 0.1) is 0 Å². The zero-order valence-corrected chi connectivity index (χ0v) is 18.7. The van der Waals surface area contributed by atoms with E-state index in [4.69, 9.17) is 4.98 Å². The van der Waals surface area contributed by atoms with Crippen LogP contribution in [0.2, 0.25) is 0 Å². The highest BCUT2D eigenvalue weighted by molar-refractivity contribution is 5.87. The predicted molar refractivity (Wildman–Crippen MR) is 131 cm³/mol. The number of nitrogens with one attached hydrogen (secondary N) is 1. The van der Waals surface area contributed by atoms with Crippen molar-refractivity contribution in [3.63, 3.8) is 0 Å². The third-order valence-electron chi connectivity index (χ3n) is 5.76. The molecular weight excluding hydrogens is 410 g/mol. The molecule has 166 valence electrons. The van der Waals surface area contributed by atoms with Gasteiger partial charge in [0.25, 0.3) is 0 Å². The molecule has 1 amide bonds. The van der Waals surface area contributed by atoms with Crippen molar-refractivity contribution < 1.29 is 4.79 Å². The van der Waals surface area contributed by atoms with Crippen LogP contribution in [0.15, 0.2) is 91.0 Å². The predicted octanol–water partition coefficient (Wildman–Crippen LogP) is 4.62. The SMILES string of the molecule is CC(=O)Nc1nc(-c2ccccc2)c2n1N(Cc1ccccc1)CN(Cc1ccccc1)C2. The summed E-state index contributed by atoms with van der Waals surface area (Å²) in [5.74, 6) is 0.431.